The third-order valence-electron chi connectivity index (χ3n) is 9.35. The summed E-state index contributed by atoms with van der Waals surface area (Å²) in [5.74, 6) is -1.54. The monoisotopic (exact) mass is 691 g/mol. The molecule has 0 aromatic heterocycles. The van der Waals surface area contributed by atoms with Gasteiger partial charge in [-0.15, -0.1) is 0 Å². The molecule has 3 fully saturated rings. The fourth-order valence-electron chi connectivity index (χ4n) is 6.36. The van der Waals surface area contributed by atoms with E-state index in [1.165, 1.54) is 0 Å². The van der Waals surface area contributed by atoms with Crippen LogP contribution in [0.1, 0.15) is 65.7 Å². The van der Waals surface area contributed by atoms with Crippen LogP contribution in [-0.2, 0) is 33.3 Å². The summed E-state index contributed by atoms with van der Waals surface area (Å²) in [5.41, 5.74) is 0. The number of rotatable bonds is 18. The molecule has 0 unspecified atom stereocenters. The molecular weight excluding hydrogens is 634 g/mol. The maximum absolute atomic E-state index is 13.5. The average Bonchev–Trinajstić information content (AvgIpc) is 3.07. The first kappa shape index (κ1) is 40.6. The number of hydrogen-bond acceptors (Lipinski definition) is 14. The van der Waals surface area contributed by atoms with Crippen LogP contribution in [0, 0.1) is 11.8 Å². The number of aliphatic hydroxyl groups is 6. The van der Waals surface area contributed by atoms with E-state index >= 15 is 0 Å². The number of unbranched alkanes of at least 4 members (excludes halogenated alkanes) is 2. The van der Waals surface area contributed by atoms with Crippen LogP contribution in [0.3, 0.4) is 0 Å². The van der Waals surface area contributed by atoms with Crippen LogP contribution in [0.5, 0.6) is 0 Å². The highest BCUT2D eigenvalue weighted by atomic mass is 16.7. The van der Waals surface area contributed by atoms with E-state index in [-0.39, 0.29) is 43.8 Å². The lowest BCUT2D eigenvalue weighted by Gasteiger charge is -2.39. The molecule has 278 valence electrons. The van der Waals surface area contributed by atoms with Crippen molar-refractivity contribution in [1.29, 1.82) is 0 Å². The molecule has 16 heteroatoms. The number of aliphatic hydroxyl groups excluding tert-OH is 6. The molecule has 3 saturated heterocycles. The van der Waals surface area contributed by atoms with Crippen LogP contribution < -0.4 is 10.6 Å². The van der Waals surface area contributed by atoms with Gasteiger partial charge in [0.05, 0.1) is 31.3 Å². The van der Waals surface area contributed by atoms with Gasteiger partial charge in [-0.2, -0.15) is 0 Å². The van der Waals surface area contributed by atoms with Crippen molar-refractivity contribution in [3.8, 4) is 0 Å². The highest BCUT2D eigenvalue weighted by Crippen LogP contribution is 2.28. The minimum Gasteiger partial charge on any atom is -0.388 e. The van der Waals surface area contributed by atoms with E-state index in [9.17, 15) is 45.0 Å². The van der Waals surface area contributed by atoms with Gasteiger partial charge in [-0.1, -0.05) is 6.42 Å². The Kier molecular flexibility index (Phi) is 17.0. The van der Waals surface area contributed by atoms with Gasteiger partial charge < -0.3 is 65.1 Å². The minimum atomic E-state index is -1.45. The Morgan fingerprint density at radius 1 is 0.729 bits per heavy atom. The van der Waals surface area contributed by atoms with Gasteiger partial charge in [-0.05, 0) is 59.5 Å². The van der Waals surface area contributed by atoms with Crippen LogP contribution in [-0.4, -0.2) is 160 Å². The van der Waals surface area contributed by atoms with Crippen LogP contribution in [0.2, 0.25) is 0 Å². The van der Waals surface area contributed by atoms with Crippen LogP contribution in [0.15, 0.2) is 0 Å². The van der Waals surface area contributed by atoms with Gasteiger partial charge >= 0.3 is 0 Å². The molecule has 3 heterocycles. The van der Waals surface area contributed by atoms with Gasteiger partial charge in [-0.25, -0.2) is 0 Å². The summed E-state index contributed by atoms with van der Waals surface area (Å²) < 4.78 is 22.0. The van der Waals surface area contributed by atoms with E-state index in [4.69, 9.17) is 18.9 Å². The van der Waals surface area contributed by atoms with Gasteiger partial charge in [0.2, 0.25) is 11.8 Å². The number of nitrogens with one attached hydrogen (secondary N) is 2. The van der Waals surface area contributed by atoms with Gasteiger partial charge in [0.25, 0.3) is 0 Å². The standard InChI is InChI=1S/C32H57N3O13/c1-4-33-23(37)10-6-5-7-13-35-14-11-20(30(44)34-12-16-46-32-29(43)27(41)25(39)19(3)48-32)21(17-35)22(36)9-8-15-45-31-28(42)26(40)24(38)18(2)47-31/h18-21,24-29,31-32,38-43H,4-17H2,1-3H3,(H,33,37)(H,34,44)/t18-,19-,20+,21-,24+,25+,26+,27+,28-,29-,31+,32+/m0/s1. The molecule has 0 bridgehead atoms. The molecule has 3 rings (SSSR count). The summed E-state index contributed by atoms with van der Waals surface area (Å²) in [6.45, 7) is 7.43. The number of ether oxygens (including phenoxy) is 4. The Bertz CT molecular complexity index is 1010. The summed E-state index contributed by atoms with van der Waals surface area (Å²) >= 11 is 0. The largest absolute Gasteiger partial charge is 0.388 e. The first-order valence-corrected chi connectivity index (χ1v) is 17.3. The maximum atomic E-state index is 13.5. The lowest BCUT2D eigenvalue weighted by molar-refractivity contribution is -0.293. The van der Waals surface area contributed by atoms with Crippen molar-refractivity contribution >= 4 is 17.6 Å². The number of carbonyl (C=O) groups excluding carboxylic acids is 3. The van der Waals surface area contributed by atoms with Crippen LogP contribution >= 0.6 is 0 Å². The first-order valence-electron chi connectivity index (χ1n) is 17.3. The molecule has 8 N–H and O–H groups in total. The smallest absolute Gasteiger partial charge is 0.224 e. The van der Waals surface area contributed by atoms with Crippen molar-refractivity contribution in [2.24, 2.45) is 11.8 Å². The highest BCUT2D eigenvalue weighted by molar-refractivity contribution is 5.89. The summed E-state index contributed by atoms with van der Waals surface area (Å²) in [4.78, 5) is 40.7. The zero-order valence-electron chi connectivity index (χ0n) is 28.3. The number of likely N-dealkylation sites (tertiary alicyclic amines) is 1. The second-order valence-electron chi connectivity index (χ2n) is 13.0. The van der Waals surface area contributed by atoms with Crippen molar-refractivity contribution in [1.82, 2.24) is 15.5 Å². The molecule has 0 aliphatic carbocycles. The first-order chi connectivity index (χ1) is 22.8. The van der Waals surface area contributed by atoms with E-state index < -0.39 is 73.2 Å². The Labute approximate surface area is 282 Å². The molecule has 3 aliphatic rings. The number of carbonyl (C=O) groups is 3. The molecule has 12 atom stereocenters. The van der Waals surface area contributed by atoms with Crippen molar-refractivity contribution in [3.63, 3.8) is 0 Å². The quantitative estimate of drug-likeness (QED) is 0.0711. The maximum Gasteiger partial charge on any atom is 0.224 e. The zero-order valence-corrected chi connectivity index (χ0v) is 28.3. The minimum absolute atomic E-state index is 0.0330. The lowest BCUT2D eigenvalue weighted by atomic mass is 9.80. The molecule has 2 amide bonds. The third kappa shape index (κ3) is 11.6. The predicted octanol–water partition coefficient (Wildman–Crippen LogP) is -2.23. The molecular formula is C32H57N3O13. The molecule has 0 spiro atoms. The van der Waals surface area contributed by atoms with Gasteiger partial charge in [0, 0.05) is 38.4 Å². The normalized spacial score (nSPS) is 36.0. The molecule has 16 nitrogen and oxygen atoms in total. The number of hydrogen-bond donors (Lipinski definition) is 8. The number of Topliss-reactive ketones (excluding diaryl/α,β-unsaturated/α-hetero) is 1. The molecule has 0 radical (unpaired) electrons. The summed E-state index contributed by atoms with van der Waals surface area (Å²) in [6, 6.07) is 0. The number of amides is 2. The van der Waals surface area contributed by atoms with E-state index in [2.05, 4.69) is 15.5 Å². The number of piperidine rings is 1. The van der Waals surface area contributed by atoms with Crippen molar-refractivity contribution in [2.45, 2.75) is 127 Å². The molecule has 0 saturated carbocycles. The second-order valence-corrected chi connectivity index (χ2v) is 13.0. The predicted molar refractivity (Wildman–Crippen MR) is 169 cm³/mol. The van der Waals surface area contributed by atoms with E-state index in [1.807, 2.05) is 6.92 Å². The highest BCUT2D eigenvalue weighted by Gasteiger charge is 2.44. The molecule has 48 heavy (non-hydrogen) atoms. The summed E-state index contributed by atoms with van der Waals surface area (Å²) in [7, 11) is 0. The van der Waals surface area contributed by atoms with Crippen molar-refractivity contribution in [2.75, 3.05) is 45.9 Å². The summed E-state index contributed by atoms with van der Waals surface area (Å²) in [6.07, 6.45) is -8.25. The Morgan fingerprint density at radius 2 is 1.33 bits per heavy atom. The lowest BCUT2D eigenvalue weighted by Crippen LogP contribution is -2.57. The van der Waals surface area contributed by atoms with E-state index in [1.54, 1.807) is 13.8 Å². The molecule has 3 aliphatic heterocycles. The average molecular weight is 692 g/mol. The van der Waals surface area contributed by atoms with Gasteiger partial charge in [-0.3, -0.25) is 14.4 Å². The Hall–Kier alpha value is -1.83. The SMILES string of the molecule is CCNC(=O)CCCCCN1CC[C@@H](C(=O)NCCO[C@@H]2O[C@@H](C)[C@@H](O)[C@@H](O)[C@@H]2O)[C@@H](C(=O)CCCO[C@@H]2O[C@@H](C)[C@@H](O)[C@@H](O)[C@@H]2O)C1. The third-order valence-corrected chi connectivity index (χ3v) is 9.35. The number of nitrogens with zero attached hydrogens (tertiary/aromatic N) is 1. The van der Waals surface area contributed by atoms with E-state index in [0.717, 1.165) is 25.8 Å². The van der Waals surface area contributed by atoms with Crippen LogP contribution in [0.4, 0.5) is 0 Å². The van der Waals surface area contributed by atoms with Crippen molar-refractivity contribution < 1.29 is 64.0 Å². The van der Waals surface area contributed by atoms with Gasteiger partial charge in [0.15, 0.2) is 12.6 Å². The fourth-order valence-corrected chi connectivity index (χ4v) is 6.36. The molecule has 0 aromatic carbocycles. The van der Waals surface area contributed by atoms with Crippen molar-refractivity contribution in [3.05, 3.63) is 0 Å². The zero-order chi connectivity index (χ0) is 35.4. The number of ketones is 1. The Morgan fingerprint density at radius 3 is 1.94 bits per heavy atom. The second kappa shape index (κ2) is 20.1. The van der Waals surface area contributed by atoms with E-state index in [0.29, 0.717) is 38.9 Å². The summed E-state index contributed by atoms with van der Waals surface area (Å²) in [5, 5.41) is 65.7. The topological polar surface area (TPSA) is 237 Å². The van der Waals surface area contributed by atoms with Crippen LogP contribution in [0.25, 0.3) is 0 Å². The fraction of sp³-hybridized carbons (Fsp3) is 0.906. The Balaban J connectivity index is 1.50. The molecule has 0 aromatic rings. The van der Waals surface area contributed by atoms with Gasteiger partial charge in [0.1, 0.15) is 42.4 Å².